The molecule has 1 unspecified atom stereocenters. The first-order chi connectivity index (χ1) is 15.8. The summed E-state index contributed by atoms with van der Waals surface area (Å²) in [5.74, 6) is -2.75. The molecule has 0 fully saturated rings. The molecule has 3 rings (SSSR count). The summed E-state index contributed by atoms with van der Waals surface area (Å²) in [6.07, 6.45) is 1.47. The van der Waals surface area contributed by atoms with Gasteiger partial charge in [-0.2, -0.15) is 0 Å². The zero-order valence-electron chi connectivity index (χ0n) is 17.9. The third-order valence-electron chi connectivity index (χ3n) is 4.69. The van der Waals surface area contributed by atoms with Crippen LogP contribution in [0.3, 0.4) is 0 Å². The van der Waals surface area contributed by atoms with Crippen LogP contribution in [0.2, 0.25) is 0 Å². The maximum absolute atomic E-state index is 13.0. The molecule has 172 valence electrons. The number of halogens is 1. The molecule has 10 nitrogen and oxygen atoms in total. The summed E-state index contributed by atoms with van der Waals surface area (Å²) < 4.78 is 18.2. The molecule has 33 heavy (non-hydrogen) atoms. The molecule has 0 spiro atoms. The highest BCUT2D eigenvalue weighted by Crippen LogP contribution is 2.15. The van der Waals surface area contributed by atoms with E-state index in [0.29, 0.717) is 11.1 Å². The third-order valence-corrected chi connectivity index (χ3v) is 4.69. The lowest BCUT2D eigenvalue weighted by molar-refractivity contribution is 0.0885. The average Bonchev–Trinajstić information content (AvgIpc) is 2.80. The number of hydrogen-bond donors (Lipinski definition) is 4. The highest BCUT2D eigenvalue weighted by atomic mass is 19.1. The van der Waals surface area contributed by atoms with Gasteiger partial charge < -0.3 is 25.5 Å². The van der Waals surface area contributed by atoms with E-state index in [9.17, 15) is 23.9 Å². The van der Waals surface area contributed by atoms with Gasteiger partial charge in [0.05, 0.1) is 6.61 Å². The van der Waals surface area contributed by atoms with E-state index in [2.05, 4.69) is 25.6 Å². The molecular formula is C22H22FN5O5. The van der Waals surface area contributed by atoms with E-state index in [1.165, 1.54) is 37.6 Å². The Labute approximate surface area is 187 Å². The normalized spacial score (nSPS) is 11.6. The first-order valence-corrected chi connectivity index (χ1v) is 9.87. The Kier molecular flexibility index (Phi) is 7.46. The third kappa shape index (κ3) is 5.77. The zero-order chi connectivity index (χ0) is 24.0. The zero-order valence-corrected chi connectivity index (χ0v) is 17.9. The number of nitrogens with one attached hydrogen (secondary N) is 3. The van der Waals surface area contributed by atoms with Crippen LogP contribution in [0.25, 0.3) is 0 Å². The number of ether oxygens (including phenoxy) is 1. The molecule has 0 saturated heterocycles. The molecule has 0 aliphatic heterocycles. The second-order valence-electron chi connectivity index (χ2n) is 7.11. The maximum atomic E-state index is 13.0. The van der Waals surface area contributed by atoms with Crippen molar-refractivity contribution in [1.82, 2.24) is 25.6 Å². The Morgan fingerprint density at radius 3 is 2.58 bits per heavy atom. The minimum atomic E-state index is -0.962. The van der Waals surface area contributed by atoms with Crippen molar-refractivity contribution in [2.75, 3.05) is 13.7 Å². The number of benzene rings is 1. The van der Waals surface area contributed by atoms with E-state index in [-0.39, 0.29) is 24.7 Å². The van der Waals surface area contributed by atoms with E-state index in [4.69, 9.17) is 4.74 Å². The summed E-state index contributed by atoms with van der Waals surface area (Å²) in [6.45, 7) is 1.65. The largest absolute Gasteiger partial charge is 0.501 e. The van der Waals surface area contributed by atoms with Crippen LogP contribution in [-0.4, -0.2) is 45.6 Å². The molecule has 0 saturated carbocycles. The summed E-state index contributed by atoms with van der Waals surface area (Å²) in [7, 11) is 1.39. The van der Waals surface area contributed by atoms with Gasteiger partial charge in [-0.15, -0.1) is 0 Å². The number of carbonyl (C=O) groups excluding carboxylic acids is 2. The molecule has 1 atom stereocenters. The predicted octanol–water partition coefficient (Wildman–Crippen LogP) is 1.37. The van der Waals surface area contributed by atoms with Gasteiger partial charge in [-0.05, 0) is 36.2 Å². The number of aryl methyl sites for hydroxylation is 1. The quantitative estimate of drug-likeness (QED) is 0.401. The number of methoxy groups -OCH3 is 1. The minimum absolute atomic E-state index is 0.0134. The van der Waals surface area contributed by atoms with Gasteiger partial charge in [-0.25, -0.2) is 9.37 Å². The molecule has 11 heteroatoms. The molecule has 0 bridgehead atoms. The molecule has 4 N–H and O–H groups in total. The second kappa shape index (κ2) is 10.5. The standard InChI is InChI=1S/C22H22FN5O5/c1-12-4-3-9-24-16(12)21(31)26-15(11-33-2)19-27-17(18(29)22(32)28-19)20(30)25-10-13-5-7-14(23)8-6-13/h3-9,15,29H,10-11H2,1-2H3,(H,25,30)(H,26,31)(H,27,28,32). The van der Waals surface area contributed by atoms with Gasteiger partial charge in [-0.3, -0.25) is 19.4 Å². The summed E-state index contributed by atoms with van der Waals surface area (Å²) in [6, 6.07) is 7.91. The first kappa shape index (κ1) is 23.5. The van der Waals surface area contributed by atoms with E-state index in [1.54, 1.807) is 19.1 Å². The van der Waals surface area contributed by atoms with Gasteiger partial charge in [0.2, 0.25) is 5.75 Å². The van der Waals surface area contributed by atoms with Crippen LogP contribution in [-0.2, 0) is 11.3 Å². The maximum Gasteiger partial charge on any atom is 0.294 e. The van der Waals surface area contributed by atoms with Gasteiger partial charge in [-0.1, -0.05) is 18.2 Å². The molecule has 2 aromatic heterocycles. The monoisotopic (exact) mass is 455 g/mol. The first-order valence-electron chi connectivity index (χ1n) is 9.87. The Balaban J connectivity index is 1.84. The lowest BCUT2D eigenvalue weighted by Crippen LogP contribution is -2.36. The Hall–Kier alpha value is -4.12. The van der Waals surface area contributed by atoms with Crippen LogP contribution < -0.4 is 16.2 Å². The summed E-state index contributed by atoms with van der Waals surface area (Å²) in [5.41, 5.74) is -0.0720. The highest BCUT2D eigenvalue weighted by Gasteiger charge is 2.24. The van der Waals surface area contributed by atoms with Crippen molar-refractivity contribution in [2.45, 2.75) is 19.5 Å². The minimum Gasteiger partial charge on any atom is -0.501 e. The van der Waals surface area contributed by atoms with Gasteiger partial charge in [0.25, 0.3) is 17.4 Å². The number of amides is 2. The number of H-pyrrole nitrogens is 1. The number of aromatic hydroxyl groups is 1. The molecule has 3 aromatic rings. The van der Waals surface area contributed by atoms with Crippen LogP contribution in [0.5, 0.6) is 5.75 Å². The number of hydrogen-bond acceptors (Lipinski definition) is 7. The van der Waals surface area contributed by atoms with Crippen molar-refractivity contribution in [3.8, 4) is 5.75 Å². The van der Waals surface area contributed by atoms with Crippen LogP contribution in [0, 0.1) is 12.7 Å². The SMILES string of the molecule is COCC(NC(=O)c1ncccc1C)c1nc(C(=O)NCc2ccc(F)cc2)c(O)c(=O)[nH]1. The lowest BCUT2D eigenvalue weighted by atomic mass is 10.2. The van der Waals surface area contributed by atoms with Crippen molar-refractivity contribution < 1.29 is 23.8 Å². The van der Waals surface area contributed by atoms with Gasteiger partial charge in [0, 0.05) is 19.9 Å². The fourth-order valence-corrected chi connectivity index (χ4v) is 2.98. The van der Waals surface area contributed by atoms with Gasteiger partial charge in [0.1, 0.15) is 23.4 Å². The van der Waals surface area contributed by atoms with Crippen molar-refractivity contribution >= 4 is 11.8 Å². The number of aromatic nitrogens is 3. The molecule has 2 heterocycles. The highest BCUT2D eigenvalue weighted by molar-refractivity contribution is 5.95. The van der Waals surface area contributed by atoms with Gasteiger partial charge in [0.15, 0.2) is 5.69 Å². The van der Waals surface area contributed by atoms with E-state index < -0.39 is 40.7 Å². The summed E-state index contributed by atoms with van der Waals surface area (Å²) >= 11 is 0. The molecule has 0 aliphatic rings. The molecule has 2 amide bonds. The number of pyridine rings is 1. The molecule has 0 radical (unpaired) electrons. The fourth-order valence-electron chi connectivity index (χ4n) is 2.98. The van der Waals surface area contributed by atoms with Crippen molar-refractivity contribution in [2.24, 2.45) is 0 Å². The lowest BCUT2D eigenvalue weighted by Gasteiger charge is -2.18. The van der Waals surface area contributed by atoms with Crippen molar-refractivity contribution in [3.63, 3.8) is 0 Å². The van der Waals surface area contributed by atoms with Crippen LogP contribution in [0.1, 0.15) is 44.0 Å². The smallest absolute Gasteiger partial charge is 0.294 e. The van der Waals surface area contributed by atoms with Crippen molar-refractivity contribution in [3.05, 3.63) is 87.1 Å². The Bertz CT molecular complexity index is 1210. The van der Waals surface area contributed by atoms with E-state index in [0.717, 1.165) is 0 Å². The summed E-state index contributed by atoms with van der Waals surface area (Å²) in [5, 5.41) is 15.3. The number of carbonyl (C=O) groups is 2. The van der Waals surface area contributed by atoms with Crippen LogP contribution in [0.15, 0.2) is 47.4 Å². The van der Waals surface area contributed by atoms with Crippen LogP contribution >= 0.6 is 0 Å². The van der Waals surface area contributed by atoms with E-state index in [1.807, 2.05) is 0 Å². The number of aromatic amines is 1. The van der Waals surface area contributed by atoms with E-state index >= 15 is 0 Å². The Morgan fingerprint density at radius 2 is 1.91 bits per heavy atom. The number of rotatable bonds is 8. The van der Waals surface area contributed by atoms with Crippen LogP contribution in [0.4, 0.5) is 4.39 Å². The molecule has 0 aliphatic carbocycles. The van der Waals surface area contributed by atoms with Gasteiger partial charge >= 0.3 is 0 Å². The topological polar surface area (TPSA) is 146 Å². The summed E-state index contributed by atoms with van der Waals surface area (Å²) in [4.78, 5) is 48.0. The predicted molar refractivity (Wildman–Crippen MR) is 115 cm³/mol. The Morgan fingerprint density at radius 1 is 1.18 bits per heavy atom. The van der Waals surface area contributed by atoms with Crippen molar-refractivity contribution in [1.29, 1.82) is 0 Å². The molecule has 1 aromatic carbocycles. The number of nitrogens with zero attached hydrogens (tertiary/aromatic N) is 2. The average molecular weight is 455 g/mol. The molecular weight excluding hydrogens is 433 g/mol. The fraction of sp³-hybridized carbons (Fsp3) is 0.227. The second-order valence-corrected chi connectivity index (χ2v) is 7.11.